The van der Waals surface area contributed by atoms with Gasteiger partial charge in [-0.3, -0.25) is 9.13 Å². The summed E-state index contributed by atoms with van der Waals surface area (Å²) in [7, 11) is 3.62. The molecule has 0 saturated carbocycles. The van der Waals surface area contributed by atoms with Gasteiger partial charge in [0.2, 0.25) is 0 Å². The summed E-state index contributed by atoms with van der Waals surface area (Å²) in [5, 5.41) is 3.44. The van der Waals surface area contributed by atoms with E-state index in [4.69, 9.17) is 0 Å². The van der Waals surface area contributed by atoms with Gasteiger partial charge in [0.15, 0.2) is 0 Å². The Labute approximate surface area is 141 Å². The molecule has 124 valence electrons. The Morgan fingerprint density at radius 2 is 1.96 bits per heavy atom. The molecule has 2 heterocycles. The van der Waals surface area contributed by atoms with E-state index in [0.717, 1.165) is 37.1 Å². The van der Waals surface area contributed by atoms with Gasteiger partial charge in [0.25, 0.3) is 0 Å². The van der Waals surface area contributed by atoms with Gasteiger partial charge in [-0.25, -0.2) is 9.78 Å². The van der Waals surface area contributed by atoms with Gasteiger partial charge in [-0.05, 0) is 30.7 Å². The zero-order valence-corrected chi connectivity index (χ0v) is 14.1. The van der Waals surface area contributed by atoms with E-state index in [-0.39, 0.29) is 18.1 Å². The first kappa shape index (κ1) is 17.3. The fourth-order valence-electron chi connectivity index (χ4n) is 2.70. The smallest absolute Gasteiger partial charge is 0.328 e. The van der Waals surface area contributed by atoms with Crippen molar-refractivity contribution < 1.29 is 12.4 Å². The molecule has 0 aliphatic heterocycles. The molecule has 1 aromatic carbocycles. The van der Waals surface area contributed by atoms with Gasteiger partial charge in [0.1, 0.15) is 0 Å². The summed E-state index contributed by atoms with van der Waals surface area (Å²) in [6.07, 6.45) is 6.67. The molecule has 7 heteroatoms. The molecule has 0 aliphatic carbocycles. The summed E-state index contributed by atoms with van der Waals surface area (Å²) < 4.78 is 5.45. The van der Waals surface area contributed by atoms with Crippen molar-refractivity contribution in [1.82, 2.24) is 24.0 Å². The Morgan fingerprint density at radius 3 is 2.70 bits per heavy atom. The minimum Gasteiger partial charge on any atom is -1.00 e. The second kappa shape index (κ2) is 7.48. The van der Waals surface area contributed by atoms with Crippen LogP contribution in [0.3, 0.4) is 0 Å². The van der Waals surface area contributed by atoms with Crippen molar-refractivity contribution in [2.75, 3.05) is 6.54 Å². The quantitative estimate of drug-likeness (QED) is 0.544. The van der Waals surface area contributed by atoms with Crippen LogP contribution in [0.4, 0.5) is 0 Å². The van der Waals surface area contributed by atoms with E-state index in [0.29, 0.717) is 0 Å². The first-order valence-corrected chi connectivity index (χ1v) is 7.47. The number of hydrogen-bond donors (Lipinski definition) is 1. The van der Waals surface area contributed by atoms with Crippen molar-refractivity contribution >= 4 is 11.0 Å². The maximum atomic E-state index is 11.9. The van der Waals surface area contributed by atoms with Crippen LogP contribution in [0.2, 0.25) is 0 Å². The van der Waals surface area contributed by atoms with E-state index in [2.05, 4.69) is 27.0 Å². The number of benzene rings is 1. The predicted molar refractivity (Wildman–Crippen MR) is 86.7 cm³/mol. The minimum atomic E-state index is 0. The molecule has 0 amide bonds. The van der Waals surface area contributed by atoms with Crippen molar-refractivity contribution in [3.63, 3.8) is 0 Å². The van der Waals surface area contributed by atoms with Gasteiger partial charge in [-0.1, -0.05) is 6.07 Å². The van der Waals surface area contributed by atoms with Gasteiger partial charge >= 0.3 is 5.69 Å². The number of hydrogen-bond acceptors (Lipinski definition) is 3. The van der Waals surface area contributed by atoms with Gasteiger partial charge in [0, 0.05) is 39.6 Å². The zero-order valence-electron chi connectivity index (χ0n) is 13.4. The van der Waals surface area contributed by atoms with Crippen LogP contribution >= 0.6 is 0 Å². The Morgan fingerprint density at radius 1 is 1.17 bits per heavy atom. The number of aryl methyl sites for hydroxylation is 3. The lowest BCUT2D eigenvalue weighted by Crippen LogP contribution is -3.00. The summed E-state index contributed by atoms with van der Waals surface area (Å²) in [5.74, 6) is 0. The molecule has 0 spiro atoms. The lowest BCUT2D eigenvalue weighted by Gasteiger charge is -2.06. The van der Waals surface area contributed by atoms with Gasteiger partial charge in [-0.15, -0.1) is 0 Å². The second-order valence-corrected chi connectivity index (χ2v) is 5.55. The first-order chi connectivity index (χ1) is 10.7. The molecule has 0 unspecified atom stereocenters. The highest BCUT2D eigenvalue weighted by Crippen LogP contribution is 2.13. The monoisotopic (exact) mass is 334 g/mol. The van der Waals surface area contributed by atoms with Gasteiger partial charge < -0.3 is 22.3 Å². The van der Waals surface area contributed by atoms with Crippen LogP contribution in [0.25, 0.3) is 11.0 Å². The van der Waals surface area contributed by atoms with Crippen LogP contribution in [-0.4, -0.2) is 25.2 Å². The van der Waals surface area contributed by atoms with Gasteiger partial charge in [0.05, 0.1) is 17.4 Å². The molecule has 0 atom stereocenters. The van der Waals surface area contributed by atoms with Crippen molar-refractivity contribution in [2.45, 2.75) is 19.5 Å². The lowest BCUT2D eigenvalue weighted by molar-refractivity contribution is -0.00000475. The maximum absolute atomic E-state index is 11.9. The predicted octanol–water partition coefficient (Wildman–Crippen LogP) is -1.74. The molecule has 23 heavy (non-hydrogen) atoms. The molecule has 0 aliphatic rings. The average Bonchev–Trinajstić information content (AvgIpc) is 3.11. The van der Waals surface area contributed by atoms with Crippen LogP contribution in [0.1, 0.15) is 12.0 Å². The third kappa shape index (κ3) is 3.65. The summed E-state index contributed by atoms with van der Waals surface area (Å²) in [4.78, 5) is 15.9. The van der Waals surface area contributed by atoms with Crippen LogP contribution in [0.5, 0.6) is 0 Å². The normalized spacial score (nSPS) is 10.9. The number of imidazole rings is 2. The molecular weight excluding hydrogens is 314 g/mol. The number of aromatic nitrogens is 4. The Balaban J connectivity index is 0.00000192. The molecule has 0 fully saturated rings. The fraction of sp³-hybridized carbons (Fsp3) is 0.375. The van der Waals surface area contributed by atoms with Crippen molar-refractivity contribution in [3.05, 3.63) is 53.0 Å². The minimum absolute atomic E-state index is 0. The number of halogens is 1. The first-order valence-electron chi connectivity index (χ1n) is 7.47. The zero-order chi connectivity index (χ0) is 15.5. The van der Waals surface area contributed by atoms with Crippen LogP contribution in [0, 0.1) is 0 Å². The third-order valence-corrected chi connectivity index (χ3v) is 3.99. The highest BCUT2D eigenvalue weighted by molar-refractivity contribution is 5.76. The second-order valence-electron chi connectivity index (χ2n) is 5.55. The Kier molecular flexibility index (Phi) is 5.63. The van der Waals surface area contributed by atoms with Crippen LogP contribution < -0.4 is 23.4 Å². The molecular formula is C16H21ClN5O-. The average molecular weight is 335 g/mol. The molecule has 0 radical (unpaired) electrons. The fourth-order valence-corrected chi connectivity index (χ4v) is 2.70. The third-order valence-electron chi connectivity index (χ3n) is 3.99. The lowest BCUT2D eigenvalue weighted by atomic mass is 10.2. The van der Waals surface area contributed by atoms with Crippen molar-refractivity contribution in [1.29, 1.82) is 0 Å². The summed E-state index contributed by atoms with van der Waals surface area (Å²) in [6, 6.07) is 6.17. The molecule has 3 rings (SSSR count). The number of nitrogens with zero attached hydrogens (tertiary/aromatic N) is 4. The molecule has 0 bridgehead atoms. The largest absolute Gasteiger partial charge is 1.00 e. The number of fused-ring (bicyclic) bond motifs is 1. The van der Waals surface area contributed by atoms with Crippen molar-refractivity contribution in [2.24, 2.45) is 14.1 Å². The summed E-state index contributed by atoms with van der Waals surface area (Å²) >= 11 is 0. The summed E-state index contributed by atoms with van der Waals surface area (Å²) in [5.41, 5.74) is 3.15. The molecule has 0 saturated heterocycles. The van der Waals surface area contributed by atoms with E-state index in [9.17, 15) is 4.79 Å². The van der Waals surface area contributed by atoms with Crippen LogP contribution in [-0.2, 0) is 27.2 Å². The molecule has 1 N–H and O–H groups in total. The topological polar surface area (TPSA) is 56.8 Å². The van der Waals surface area contributed by atoms with Crippen LogP contribution in [0.15, 0.2) is 41.7 Å². The maximum Gasteiger partial charge on any atom is 0.328 e. The van der Waals surface area contributed by atoms with E-state index in [1.807, 2.05) is 25.6 Å². The number of nitrogens with one attached hydrogen (secondary N) is 1. The molecule has 6 nitrogen and oxygen atoms in total. The standard InChI is InChI=1S/C16H21N5O.ClH/c1-19-14-5-4-13(10-15(14)20(2)16(19)22)11-17-6-3-8-21-9-7-18-12-21;/h4-5,7,9-10,12,17H,3,6,8,11H2,1-2H3;1H/p-1. The van der Waals surface area contributed by atoms with E-state index >= 15 is 0 Å². The summed E-state index contributed by atoms with van der Waals surface area (Å²) in [6.45, 7) is 2.73. The molecule has 2 aromatic heterocycles. The number of rotatable bonds is 6. The highest BCUT2D eigenvalue weighted by atomic mass is 35.5. The van der Waals surface area contributed by atoms with E-state index in [1.165, 1.54) is 5.56 Å². The van der Waals surface area contributed by atoms with Crippen molar-refractivity contribution in [3.8, 4) is 0 Å². The SMILES string of the molecule is Cn1c(=O)n(C)c2cc(CNCCCn3ccnc3)ccc21.[Cl-]. The van der Waals surface area contributed by atoms with Gasteiger partial charge in [-0.2, -0.15) is 0 Å². The molecule has 3 aromatic rings. The highest BCUT2D eigenvalue weighted by Gasteiger charge is 2.07. The Hall–Kier alpha value is -2.05. The Bertz CT molecular complexity index is 819. The van der Waals surface area contributed by atoms with E-state index < -0.39 is 0 Å². The van der Waals surface area contributed by atoms with E-state index in [1.54, 1.807) is 22.4 Å².